The van der Waals surface area contributed by atoms with Crippen molar-refractivity contribution in [3.63, 3.8) is 0 Å². The fourth-order valence-electron chi connectivity index (χ4n) is 3.02. The highest BCUT2D eigenvalue weighted by molar-refractivity contribution is 7.82. The monoisotopic (exact) mass is 516 g/mol. The molecule has 0 aromatic heterocycles. The molecule has 0 unspecified atom stereocenters. The highest BCUT2D eigenvalue weighted by Crippen LogP contribution is 2.39. The first-order valence-electron chi connectivity index (χ1n) is 9.85. The lowest BCUT2D eigenvalue weighted by Crippen LogP contribution is -2.34. The van der Waals surface area contributed by atoms with Gasteiger partial charge in [-0.05, 0) is 63.4 Å². The number of rotatable bonds is 9. The van der Waals surface area contributed by atoms with Crippen LogP contribution >= 0.6 is 23.2 Å². The van der Waals surface area contributed by atoms with Gasteiger partial charge in [0.25, 0.3) is 0 Å². The van der Waals surface area contributed by atoms with Gasteiger partial charge in [-0.15, -0.1) is 8.42 Å². The number of anilines is 1. The maximum atomic E-state index is 11.8. The number of unbranched alkanes of at least 4 members (excludes halogenated alkanes) is 1. The third kappa shape index (κ3) is 6.66. The Morgan fingerprint density at radius 2 is 1.94 bits per heavy atom. The molecule has 1 heterocycles. The van der Waals surface area contributed by atoms with Gasteiger partial charge in [-0.2, -0.15) is 0 Å². The quantitative estimate of drug-likeness (QED) is 0.262. The number of hydrogen-bond donors (Lipinski definition) is 1. The van der Waals surface area contributed by atoms with Crippen LogP contribution in [0.15, 0.2) is 35.5 Å². The molecule has 178 valence electrons. The van der Waals surface area contributed by atoms with Crippen molar-refractivity contribution in [2.75, 3.05) is 11.9 Å². The Balaban J connectivity index is 1.47. The van der Waals surface area contributed by atoms with Crippen molar-refractivity contribution in [2.45, 2.75) is 39.2 Å². The molecule has 0 atom stereocenters. The Hall–Kier alpha value is -2.69. The predicted octanol–water partition coefficient (Wildman–Crippen LogP) is 5.58. The van der Waals surface area contributed by atoms with Gasteiger partial charge >= 0.3 is 16.5 Å². The van der Waals surface area contributed by atoms with Gasteiger partial charge in [-0.1, -0.05) is 28.4 Å². The van der Waals surface area contributed by atoms with Gasteiger partial charge in [0, 0.05) is 17.8 Å². The number of nitrogens with one attached hydrogen (secondary N) is 1. The molecule has 3 rings (SSSR count). The van der Waals surface area contributed by atoms with E-state index < -0.39 is 22.1 Å². The standard InChI is InChI=1S/C21H22Cl2N2O7S/c1-13-10-18-15(21(2,3)30-20(26)25-18)12-19(13)29-9-5-4-8-24-32-33(27,28)31-14-6-7-16(22)17(23)11-14/h6-8,10-12H,4-5,9H2,1-3H3,(H,25,26). The molecule has 0 saturated carbocycles. The second-order valence-electron chi connectivity index (χ2n) is 7.61. The molecule has 1 aliphatic rings. The van der Waals surface area contributed by atoms with Crippen molar-refractivity contribution in [1.82, 2.24) is 0 Å². The average Bonchev–Trinajstić information content (AvgIpc) is 2.69. The number of oxime groups is 1. The molecule has 33 heavy (non-hydrogen) atoms. The number of nitrogens with zero attached hydrogens (tertiary/aromatic N) is 1. The summed E-state index contributed by atoms with van der Waals surface area (Å²) in [5.74, 6) is 0.605. The van der Waals surface area contributed by atoms with E-state index in [0.29, 0.717) is 30.9 Å². The van der Waals surface area contributed by atoms with Gasteiger partial charge in [-0.25, -0.2) is 9.08 Å². The van der Waals surface area contributed by atoms with E-state index in [9.17, 15) is 13.2 Å². The van der Waals surface area contributed by atoms with E-state index in [0.717, 1.165) is 11.1 Å². The zero-order chi connectivity index (χ0) is 24.2. The highest BCUT2D eigenvalue weighted by Gasteiger charge is 2.34. The zero-order valence-corrected chi connectivity index (χ0v) is 20.4. The first kappa shape index (κ1) is 24.9. The van der Waals surface area contributed by atoms with Gasteiger partial charge in [0.2, 0.25) is 0 Å². The number of benzene rings is 2. The second kappa shape index (κ2) is 10.1. The fourth-order valence-corrected chi connectivity index (χ4v) is 3.85. The number of hydrogen-bond acceptors (Lipinski definition) is 8. The molecule has 0 radical (unpaired) electrons. The Bertz CT molecular complexity index is 1180. The van der Waals surface area contributed by atoms with Crippen LogP contribution < -0.4 is 14.2 Å². The Kier molecular flexibility index (Phi) is 7.61. The minimum absolute atomic E-state index is 0.0541. The van der Waals surface area contributed by atoms with Crippen molar-refractivity contribution < 1.29 is 31.2 Å². The number of halogens is 2. The molecule has 2 aromatic rings. The van der Waals surface area contributed by atoms with Gasteiger partial charge in [-0.3, -0.25) is 5.32 Å². The van der Waals surface area contributed by atoms with Crippen molar-refractivity contribution in [3.05, 3.63) is 51.5 Å². The minimum Gasteiger partial charge on any atom is -0.493 e. The summed E-state index contributed by atoms with van der Waals surface area (Å²) in [6.07, 6.45) is 1.75. The number of ether oxygens (including phenoxy) is 2. The SMILES string of the molecule is Cc1cc2c(cc1OCCCC=NOS(=O)(=O)Oc1ccc(Cl)c(Cl)c1)C(C)(C)OC(=O)N2. The topological polar surface area (TPSA) is 113 Å². The van der Waals surface area contributed by atoms with Gasteiger partial charge in [0.15, 0.2) is 0 Å². The molecule has 0 saturated heterocycles. The molecule has 12 heteroatoms. The van der Waals surface area contributed by atoms with Crippen LogP contribution in [0, 0.1) is 6.92 Å². The predicted molar refractivity (Wildman–Crippen MR) is 125 cm³/mol. The lowest BCUT2D eigenvalue weighted by atomic mass is 9.93. The van der Waals surface area contributed by atoms with Crippen molar-refractivity contribution in [1.29, 1.82) is 0 Å². The van der Waals surface area contributed by atoms with Crippen LogP contribution in [0.4, 0.5) is 10.5 Å². The molecule has 1 N–H and O–H groups in total. The lowest BCUT2D eigenvalue weighted by molar-refractivity contribution is 0.0418. The lowest BCUT2D eigenvalue weighted by Gasteiger charge is -2.33. The van der Waals surface area contributed by atoms with Gasteiger partial charge in [0.05, 0.1) is 22.3 Å². The smallest absolute Gasteiger partial charge is 0.493 e. The second-order valence-corrected chi connectivity index (χ2v) is 9.56. The summed E-state index contributed by atoms with van der Waals surface area (Å²) in [5.41, 5.74) is 1.58. The number of fused-ring (bicyclic) bond motifs is 1. The number of carbonyl (C=O) groups is 1. The van der Waals surface area contributed by atoms with E-state index in [4.69, 9.17) is 36.9 Å². The molecule has 0 bridgehead atoms. The van der Waals surface area contributed by atoms with E-state index in [-0.39, 0.29) is 15.8 Å². The summed E-state index contributed by atoms with van der Waals surface area (Å²) in [7, 11) is -4.40. The van der Waals surface area contributed by atoms with Crippen LogP contribution in [0.25, 0.3) is 0 Å². The van der Waals surface area contributed by atoms with Crippen LogP contribution in [-0.4, -0.2) is 27.3 Å². The highest BCUT2D eigenvalue weighted by atomic mass is 35.5. The summed E-state index contributed by atoms with van der Waals surface area (Å²) in [6, 6.07) is 7.65. The summed E-state index contributed by atoms with van der Waals surface area (Å²) in [5, 5.41) is 6.51. The molecule has 9 nitrogen and oxygen atoms in total. The van der Waals surface area contributed by atoms with Gasteiger partial charge < -0.3 is 13.7 Å². The molecule has 1 aliphatic heterocycles. The van der Waals surface area contributed by atoms with Crippen molar-refractivity contribution in [2.24, 2.45) is 5.16 Å². The molecular formula is C21H22Cl2N2O7S. The van der Waals surface area contributed by atoms with E-state index in [1.807, 2.05) is 19.1 Å². The third-order valence-electron chi connectivity index (χ3n) is 4.58. The van der Waals surface area contributed by atoms with Crippen molar-refractivity contribution in [3.8, 4) is 11.5 Å². The summed E-state index contributed by atoms with van der Waals surface area (Å²) in [6.45, 7) is 5.84. The summed E-state index contributed by atoms with van der Waals surface area (Å²) in [4.78, 5) is 11.7. The molecular weight excluding hydrogens is 495 g/mol. The van der Waals surface area contributed by atoms with E-state index in [1.165, 1.54) is 24.4 Å². The number of carbonyl (C=O) groups excluding carboxylic acids is 1. The van der Waals surface area contributed by atoms with E-state index >= 15 is 0 Å². The Morgan fingerprint density at radius 1 is 1.18 bits per heavy atom. The fraction of sp³-hybridized carbons (Fsp3) is 0.333. The van der Waals surface area contributed by atoms with Crippen LogP contribution in [0.5, 0.6) is 11.5 Å². The van der Waals surface area contributed by atoms with Crippen LogP contribution in [0.1, 0.15) is 37.8 Å². The van der Waals surface area contributed by atoms with Crippen LogP contribution in [0.3, 0.4) is 0 Å². The maximum Gasteiger partial charge on any atom is 0.521 e. The van der Waals surface area contributed by atoms with Crippen LogP contribution in [0.2, 0.25) is 10.0 Å². The Morgan fingerprint density at radius 3 is 2.67 bits per heavy atom. The average molecular weight is 517 g/mol. The largest absolute Gasteiger partial charge is 0.521 e. The number of aryl methyl sites for hydroxylation is 1. The normalized spacial score (nSPS) is 14.9. The molecule has 0 aliphatic carbocycles. The van der Waals surface area contributed by atoms with Gasteiger partial charge in [0.1, 0.15) is 17.1 Å². The summed E-state index contributed by atoms with van der Waals surface area (Å²) < 4.78 is 43.9. The zero-order valence-electron chi connectivity index (χ0n) is 18.1. The maximum absolute atomic E-state index is 11.8. The number of amides is 1. The van der Waals surface area contributed by atoms with Crippen molar-refractivity contribution >= 4 is 51.6 Å². The van der Waals surface area contributed by atoms with E-state index in [1.54, 1.807) is 13.8 Å². The third-order valence-corrected chi connectivity index (χ3v) is 5.99. The molecule has 0 spiro atoms. The molecule has 0 fully saturated rings. The van der Waals surface area contributed by atoms with Crippen LogP contribution in [-0.2, 0) is 25.0 Å². The first-order chi connectivity index (χ1) is 15.5. The summed E-state index contributed by atoms with van der Waals surface area (Å²) >= 11 is 11.6. The molecule has 2 aromatic carbocycles. The minimum atomic E-state index is -4.40. The number of cyclic esters (lactones) is 1. The Labute approximate surface area is 201 Å². The van der Waals surface area contributed by atoms with E-state index in [2.05, 4.69) is 14.8 Å². The molecule has 1 amide bonds. The first-order valence-corrected chi connectivity index (χ1v) is 11.9.